The van der Waals surface area contributed by atoms with Crippen molar-refractivity contribution >= 4 is 11.3 Å². The largest absolute Gasteiger partial charge is 0.304 e. The summed E-state index contributed by atoms with van der Waals surface area (Å²) >= 11 is 1.69. The van der Waals surface area contributed by atoms with E-state index < -0.39 is 0 Å². The number of hydrogen-bond acceptors (Lipinski definition) is 4. The third-order valence-corrected chi connectivity index (χ3v) is 3.48. The molecule has 92 valence electrons. The quantitative estimate of drug-likeness (QED) is 0.886. The molecule has 2 heterocycles. The Morgan fingerprint density at radius 1 is 1.47 bits per heavy atom. The highest BCUT2D eigenvalue weighted by Gasteiger charge is 2.19. The number of hydrogen-bond donors (Lipinski definition) is 1. The molecule has 17 heavy (non-hydrogen) atoms. The summed E-state index contributed by atoms with van der Waals surface area (Å²) < 4.78 is 2.02. The van der Waals surface area contributed by atoms with E-state index in [2.05, 4.69) is 40.7 Å². The Labute approximate surface area is 106 Å². The second kappa shape index (κ2) is 5.42. The van der Waals surface area contributed by atoms with Crippen molar-refractivity contribution in [1.82, 2.24) is 20.1 Å². The van der Waals surface area contributed by atoms with Crippen molar-refractivity contribution in [2.24, 2.45) is 0 Å². The predicted octanol–water partition coefficient (Wildman–Crippen LogP) is 2.37. The summed E-state index contributed by atoms with van der Waals surface area (Å²) in [4.78, 5) is 4.58. The first-order valence-electron chi connectivity index (χ1n) is 5.93. The third kappa shape index (κ3) is 2.56. The monoisotopic (exact) mass is 250 g/mol. The fourth-order valence-electron chi connectivity index (χ4n) is 1.93. The molecular formula is C12H18N4S. The molecule has 0 fully saturated rings. The highest BCUT2D eigenvalue weighted by atomic mass is 32.1. The SMILES string of the molecule is CCNC(c1csc(C)n1)c1ccnn1CC. The highest BCUT2D eigenvalue weighted by Crippen LogP contribution is 2.23. The molecule has 0 aliphatic heterocycles. The summed E-state index contributed by atoms with van der Waals surface area (Å²) in [6.45, 7) is 8.04. The van der Waals surface area contributed by atoms with Crippen LogP contribution in [0.3, 0.4) is 0 Å². The molecule has 0 aliphatic rings. The van der Waals surface area contributed by atoms with Gasteiger partial charge in [0.25, 0.3) is 0 Å². The van der Waals surface area contributed by atoms with E-state index >= 15 is 0 Å². The molecule has 2 aromatic rings. The maximum atomic E-state index is 4.58. The minimum Gasteiger partial charge on any atom is -0.304 e. The second-order valence-electron chi connectivity index (χ2n) is 3.85. The summed E-state index contributed by atoms with van der Waals surface area (Å²) in [5.41, 5.74) is 2.27. The Balaban J connectivity index is 2.35. The number of nitrogens with zero attached hydrogens (tertiary/aromatic N) is 3. The molecule has 0 saturated carbocycles. The lowest BCUT2D eigenvalue weighted by molar-refractivity contribution is 0.535. The molecule has 0 amide bonds. The van der Waals surface area contributed by atoms with E-state index in [1.165, 1.54) is 5.69 Å². The standard InChI is InChI=1S/C12H18N4S/c1-4-13-12(10-8-17-9(3)15-10)11-6-7-14-16(11)5-2/h6-8,12-13H,4-5H2,1-3H3. The van der Waals surface area contributed by atoms with Crippen molar-refractivity contribution in [2.45, 2.75) is 33.4 Å². The lowest BCUT2D eigenvalue weighted by Gasteiger charge is -2.17. The van der Waals surface area contributed by atoms with Gasteiger partial charge in [-0.2, -0.15) is 5.10 Å². The van der Waals surface area contributed by atoms with Crippen molar-refractivity contribution in [3.05, 3.63) is 34.0 Å². The smallest absolute Gasteiger partial charge is 0.0930 e. The van der Waals surface area contributed by atoms with E-state index in [0.29, 0.717) is 0 Å². The van der Waals surface area contributed by atoms with E-state index in [1.54, 1.807) is 11.3 Å². The average Bonchev–Trinajstić information content (AvgIpc) is 2.94. The first kappa shape index (κ1) is 12.3. The summed E-state index contributed by atoms with van der Waals surface area (Å²) in [5.74, 6) is 0. The fraction of sp³-hybridized carbons (Fsp3) is 0.500. The summed E-state index contributed by atoms with van der Waals surface area (Å²) in [6, 6.07) is 2.21. The van der Waals surface area contributed by atoms with E-state index in [1.807, 2.05) is 17.8 Å². The van der Waals surface area contributed by atoms with E-state index in [0.717, 1.165) is 23.8 Å². The van der Waals surface area contributed by atoms with Crippen LogP contribution < -0.4 is 5.32 Å². The minimum absolute atomic E-state index is 0.146. The first-order chi connectivity index (χ1) is 8.26. The van der Waals surface area contributed by atoms with Crippen LogP contribution in [-0.4, -0.2) is 21.3 Å². The van der Waals surface area contributed by atoms with Crippen LogP contribution >= 0.6 is 11.3 Å². The zero-order valence-corrected chi connectivity index (χ0v) is 11.3. The Morgan fingerprint density at radius 2 is 2.29 bits per heavy atom. The van der Waals surface area contributed by atoms with Crippen molar-refractivity contribution in [2.75, 3.05) is 6.54 Å². The maximum Gasteiger partial charge on any atom is 0.0930 e. The van der Waals surface area contributed by atoms with Crippen LogP contribution in [0.15, 0.2) is 17.6 Å². The van der Waals surface area contributed by atoms with Crippen LogP contribution in [-0.2, 0) is 6.54 Å². The molecule has 5 heteroatoms. The fourth-order valence-corrected chi connectivity index (χ4v) is 2.57. The summed E-state index contributed by atoms with van der Waals surface area (Å²) in [7, 11) is 0. The minimum atomic E-state index is 0.146. The molecule has 1 atom stereocenters. The van der Waals surface area contributed by atoms with E-state index in [-0.39, 0.29) is 6.04 Å². The van der Waals surface area contributed by atoms with Gasteiger partial charge in [-0.1, -0.05) is 6.92 Å². The third-order valence-electron chi connectivity index (χ3n) is 2.69. The van der Waals surface area contributed by atoms with Gasteiger partial charge in [-0.05, 0) is 26.5 Å². The van der Waals surface area contributed by atoms with Gasteiger partial charge in [0.1, 0.15) is 0 Å². The van der Waals surface area contributed by atoms with Gasteiger partial charge >= 0.3 is 0 Å². The molecule has 4 nitrogen and oxygen atoms in total. The van der Waals surface area contributed by atoms with E-state index in [9.17, 15) is 0 Å². The molecule has 1 N–H and O–H groups in total. The predicted molar refractivity (Wildman–Crippen MR) is 70.3 cm³/mol. The van der Waals surface area contributed by atoms with Gasteiger partial charge in [0.15, 0.2) is 0 Å². The lowest BCUT2D eigenvalue weighted by atomic mass is 10.1. The van der Waals surface area contributed by atoms with Crippen LogP contribution in [0.1, 0.15) is 36.3 Å². The van der Waals surface area contributed by atoms with E-state index in [4.69, 9.17) is 0 Å². The Morgan fingerprint density at radius 3 is 2.88 bits per heavy atom. The molecule has 0 bridgehead atoms. The van der Waals surface area contributed by atoms with Gasteiger partial charge in [0, 0.05) is 18.1 Å². The molecule has 0 aromatic carbocycles. The van der Waals surface area contributed by atoms with Crippen molar-refractivity contribution < 1.29 is 0 Å². The van der Waals surface area contributed by atoms with Gasteiger partial charge in [-0.15, -0.1) is 11.3 Å². The number of aromatic nitrogens is 3. The zero-order valence-electron chi connectivity index (χ0n) is 10.5. The summed E-state index contributed by atoms with van der Waals surface area (Å²) in [6.07, 6.45) is 1.85. The molecular weight excluding hydrogens is 232 g/mol. The average molecular weight is 250 g/mol. The Bertz CT molecular complexity index is 474. The van der Waals surface area contributed by atoms with Crippen LogP contribution in [0, 0.1) is 6.92 Å². The number of thiazole rings is 1. The molecule has 0 saturated heterocycles. The maximum absolute atomic E-state index is 4.58. The second-order valence-corrected chi connectivity index (χ2v) is 4.92. The van der Waals surface area contributed by atoms with Crippen LogP contribution in [0.4, 0.5) is 0 Å². The zero-order chi connectivity index (χ0) is 12.3. The van der Waals surface area contributed by atoms with Gasteiger partial charge in [-0.3, -0.25) is 4.68 Å². The van der Waals surface area contributed by atoms with Gasteiger partial charge in [0.05, 0.1) is 22.4 Å². The van der Waals surface area contributed by atoms with Gasteiger partial charge < -0.3 is 5.32 Å². The molecule has 0 spiro atoms. The van der Waals surface area contributed by atoms with Gasteiger partial charge in [-0.25, -0.2) is 4.98 Å². The topological polar surface area (TPSA) is 42.7 Å². The molecule has 2 rings (SSSR count). The van der Waals surface area contributed by atoms with Crippen molar-refractivity contribution in [1.29, 1.82) is 0 Å². The van der Waals surface area contributed by atoms with Crippen LogP contribution in [0.25, 0.3) is 0 Å². The molecule has 0 radical (unpaired) electrons. The lowest BCUT2D eigenvalue weighted by Crippen LogP contribution is -2.25. The van der Waals surface area contributed by atoms with Gasteiger partial charge in [0.2, 0.25) is 0 Å². The van der Waals surface area contributed by atoms with Crippen molar-refractivity contribution in [3.63, 3.8) is 0 Å². The number of aryl methyl sites for hydroxylation is 2. The highest BCUT2D eigenvalue weighted by molar-refractivity contribution is 7.09. The van der Waals surface area contributed by atoms with Crippen molar-refractivity contribution in [3.8, 4) is 0 Å². The molecule has 2 aromatic heterocycles. The summed E-state index contributed by atoms with van der Waals surface area (Å²) in [5, 5.41) is 11.0. The van der Waals surface area contributed by atoms with Crippen LogP contribution in [0.2, 0.25) is 0 Å². The Kier molecular flexibility index (Phi) is 3.91. The normalized spacial score (nSPS) is 12.9. The Hall–Kier alpha value is -1.20. The van der Waals surface area contributed by atoms with Crippen LogP contribution in [0.5, 0.6) is 0 Å². The number of nitrogens with one attached hydrogen (secondary N) is 1. The first-order valence-corrected chi connectivity index (χ1v) is 6.81. The molecule has 1 unspecified atom stereocenters. The molecule has 0 aliphatic carbocycles. The number of rotatable bonds is 5.